The van der Waals surface area contributed by atoms with Gasteiger partial charge in [-0.25, -0.2) is 4.39 Å². The second kappa shape index (κ2) is 7.62. The Labute approximate surface area is 143 Å². The number of likely N-dealkylation sites (tertiary alicyclic amines) is 2. The molecule has 2 atom stereocenters. The number of carbonyl (C=O) groups excluding carboxylic acids is 1. The molecule has 2 fully saturated rings. The van der Waals surface area contributed by atoms with Crippen molar-refractivity contribution in [3.63, 3.8) is 0 Å². The van der Waals surface area contributed by atoms with Crippen molar-refractivity contribution in [3.8, 4) is 0 Å². The minimum absolute atomic E-state index is 0.106. The van der Waals surface area contributed by atoms with E-state index in [1.165, 1.54) is 12.1 Å². The van der Waals surface area contributed by atoms with E-state index in [0.29, 0.717) is 18.9 Å². The predicted molar refractivity (Wildman–Crippen MR) is 91.0 cm³/mol. The van der Waals surface area contributed by atoms with Gasteiger partial charge in [-0.05, 0) is 56.3 Å². The van der Waals surface area contributed by atoms with Gasteiger partial charge in [0.1, 0.15) is 5.82 Å². The molecule has 0 aromatic heterocycles. The van der Waals surface area contributed by atoms with Crippen molar-refractivity contribution in [2.24, 2.45) is 11.8 Å². The number of nitrogens with zero attached hydrogens (tertiary/aromatic N) is 2. The molecule has 0 saturated carbocycles. The lowest BCUT2D eigenvalue weighted by Crippen LogP contribution is -2.51. The molecule has 2 aliphatic rings. The molecule has 0 radical (unpaired) electrons. The fourth-order valence-corrected chi connectivity index (χ4v) is 3.89. The second-order valence-electron chi connectivity index (χ2n) is 7.32. The zero-order valence-corrected chi connectivity index (χ0v) is 14.3. The monoisotopic (exact) mass is 334 g/mol. The number of piperidine rings is 2. The van der Waals surface area contributed by atoms with Gasteiger partial charge in [0.25, 0.3) is 0 Å². The lowest BCUT2D eigenvalue weighted by atomic mass is 9.88. The second-order valence-corrected chi connectivity index (χ2v) is 7.32. The summed E-state index contributed by atoms with van der Waals surface area (Å²) in [5.41, 5.74) is 1.16. The molecule has 2 heterocycles. The van der Waals surface area contributed by atoms with Gasteiger partial charge in [-0.15, -0.1) is 0 Å². The van der Waals surface area contributed by atoms with Crippen LogP contribution in [0.1, 0.15) is 24.8 Å². The first kappa shape index (κ1) is 17.4. The topological polar surface area (TPSA) is 43.8 Å². The average Bonchev–Trinajstić information content (AvgIpc) is 2.59. The molecule has 24 heavy (non-hydrogen) atoms. The van der Waals surface area contributed by atoms with Gasteiger partial charge in [0.05, 0.1) is 12.0 Å². The first-order valence-corrected chi connectivity index (χ1v) is 8.93. The number of benzene rings is 1. The Morgan fingerprint density at radius 3 is 2.50 bits per heavy atom. The molecule has 2 aliphatic heterocycles. The molecule has 1 amide bonds. The lowest BCUT2D eigenvalue weighted by Gasteiger charge is -2.39. The quantitative estimate of drug-likeness (QED) is 0.918. The number of rotatable bonds is 3. The predicted octanol–water partition coefficient (Wildman–Crippen LogP) is 1.92. The van der Waals surface area contributed by atoms with E-state index < -0.39 is 6.10 Å². The zero-order chi connectivity index (χ0) is 17.1. The molecule has 3 rings (SSSR count). The molecular formula is C19H27FN2O2. The summed E-state index contributed by atoms with van der Waals surface area (Å²) in [4.78, 5) is 16.8. The molecule has 2 saturated heterocycles. The van der Waals surface area contributed by atoms with Gasteiger partial charge in [-0.2, -0.15) is 0 Å². The third kappa shape index (κ3) is 4.14. The maximum absolute atomic E-state index is 13.0. The first-order valence-electron chi connectivity index (χ1n) is 8.93. The van der Waals surface area contributed by atoms with E-state index in [9.17, 15) is 14.3 Å². The maximum atomic E-state index is 13.0. The Hall–Kier alpha value is -1.46. The van der Waals surface area contributed by atoms with E-state index in [1.54, 1.807) is 0 Å². The van der Waals surface area contributed by atoms with E-state index in [-0.39, 0.29) is 17.6 Å². The molecular weight excluding hydrogens is 307 g/mol. The number of amides is 1. The Morgan fingerprint density at radius 2 is 1.83 bits per heavy atom. The minimum Gasteiger partial charge on any atom is -0.392 e. The minimum atomic E-state index is -0.509. The van der Waals surface area contributed by atoms with Crippen LogP contribution in [0.2, 0.25) is 0 Å². The van der Waals surface area contributed by atoms with Crippen LogP contribution in [0.25, 0.3) is 0 Å². The molecule has 0 aliphatic carbocycles. The van der Waals surface area contributed by atoms with Crippen LogP contribution in [0.15, 0.2) is 24.3 Å². The molecule has 0 bridgehead atoms. The summed E-state index contributed by atoms with van der Waals surface area (Å²) in [6.07, 6.45) is 3.06. The third-order valence-corrected chi connectivity index (χ3v) is 5.46. The lowest BCUT2D eigenvalue weighted by molar-refractivity contribution is -0.143. The highest BCUT2D eigenvalue weighted by Crippen LogP contribution is 2.25. The fraction of sp³-hybridized carbons (Fsp3) is 0.632. The van der Waals surface area contributed by atoms with Crippen LogP contribution in [-0.4, -0.2) is 60.1 Å². The molecule has 1 aromatic carbocycles. The van der Waals surface area contributed by atoms with Crippen molar-refractivity contribution in [2.75, 3.05) is 33.2 Å². The van der Waals surface area contributed by atoms with E-state index in [4.69, 9.17) is 0 Å². The Balaban J connectivity index is 1.51. The van der Waals surface area contributed by atoms with Gasteiger partial charge in [0.2, 0.25) is 5.91 Å². The summed E-state index contributed by atoms with van der Waals surface area (Å²) < 4.78 is 13.0. The van der Waals surface area contributed by atoms with Gasteiger partial charge in [-0.1, -0.05) is 12.1 Å². The number of aliphatic hydroxyl groups excluding tert-OH is 1. The largest absolute Gasteiger partial charge is 0.392 e. The SMILES string of the molecule is CN1CC[C@@H](O)[C@H](C(=O)N2CCC(Cc3ccc(F)cc3)CC2)C1. The van der Waals surface area contributed by atoms with Crippen molar-refractivity contribution >= 4 is 5.91 Å². The molecule has 4 nitrogen and oxygen atoms in total. The van der Waals surface area contributed by atoms with Crippen LogP contribution in [0.3, 0.4) is 0 Å². The summed E-state index contributed by atoms with van der Waals surface area (Å²) in [5.74, 6) is 0.167. The van der Waals surface area contributed by atoms with Crippen molar-refractivity contribution < 1.29 is 14.3 Å². The van der Waals surface area contributed by atoms with Crippen LogP contribution in [0.4, 0.5) is 4.39 Å². The summed E-state index contributed by atoms with van der Waals surface area (Å²) >= 11 is 0. The summed E-state index contributed by atoms with van der Waals surface area (Å²) in [7, 11) is 2.00. The highest BCUT2D eigenvalue weighted by molar-refractivity contribution is 5.80. The van der Waals surface area contributed by atoms with Crippen LogP contribution < -0.4 is 0 Å². The third-order valence-electron chi connectivity index (χ3n) is 5.46. The molecule has 132 valence electrons. The summed E-state index contributed by atoms with van der Waals surface area (Å²) in [5, 5.41) is 10.2. The highest BCUT2D eigenvalue weighted by Gasteiger charge is 2.35. The van der Waals surface area contributed by atoms with Crippen LogP contribution in [0, 0.1) is 17.7 Å². The Kier molecular flexibility index (Phi) is 5.51. The number of hydrogen-bond donors (Lipinski definition) is 1. The van der Waals surface area contributed by atoms with Crippen molar-refractivity contribution in [2.45, 2.75) is 31.8 Å². The smallest absolute Gasteiger partial charge is 0.229 e. The van der Waals surface area contributed by atoms with E-state index in [1.807, 2.05) is 24.1 Å². The van der Waals surface area contributed by atoms with Gasteiger partial charge in [0.15, 0.2) is 0 Å². The van der Waals surface area contributed by atoms with Crippen molar-refractivity contribution in [1.29, 1.82) is 0 Å². The van der Waals surface area contributed by atoms with E-state index in [2.05, 4.69) is 4.90 Å². The number of hydrogen-bond acceptors (Lipinski definition) is 3. The molecule has 1 N–H and O–H groups in total. The normalized spacial score (nSPS) is 26.5. The standard InChI is InChI=1S/C19H27FN2O2/c1-21-9-8-18(23)17(13-21)19(24)22-10-6-15(7-11-22)12-14-2-4-16(20)5-3-14/h2-5,15,17-18,23H,6-13H2,1H3/t17-,18-/m1/s1. The Bertz CT molecular complexity index is 555. The van der Waals surface area contributed by atoms with Crippen LogP contribution in [0.5, 0.6) is 0 Å². The maximum Gasteiger partial charge on any atom is 0.229 e. The van der Waals surface area contributed by atoms with Gasteiger partial charge in [-0.3, -0.25) is 4.79 Å². The van der Waals surface area contributed by atoms with Crippen LogP contribution in [-0.2, 0) is 11.2 Å². The summed E-state index contributed by atoms with van der Waals surface area (Å²) in [6.45, 7) is 3.02. The average molecular weight is 334 g/mol. The van der Waals surface area contributed by atoms with Gasteiger partial charge in [0, 0.05) is 26.2 Å². The molecule has 0 spiro atoms. The van der Waals surface area contributed by atoms with Crippen molar-refractivity contribution in [3.05, 3.63) is 35.6 Å². The fourth-order valence-electron chi connectivity index (χ4n) is 3.89. The van der Waals surface area contributed by atoms with Crippen LogP contribution >= 0.6 is 0 Å². The van der Waals surface area contributed by atoms with E-state index >= 15 is 0 Å². The number of carbonyl (C=O) groups is 1. The highest BCUT2D eigenvalue weighted by atomic mass is 19.1. The zero-order valence-electron chi connectivity index (χ0n) is 14.3. The number of halogens is 1. The molecule has 5 heteroatoms. The molecule has 1 aromatic rings. The first-order chi connectivity index (χ1) is 11.5. The summed E-state index contributed by atoms with van der Waals surface area (Å²) in [6, 6.07) is 6.71. The Morgan fingerprint density at radius 1 is 1.17 bits per heavy atom. The molecule has 0 unspecified atom stereocenters. The van der Waals surface area contributed by atoms with Gasteiger partial charge < -0.3 is 14.9 Å². The van der Waals surface area contributed by atoms with Crippen molar-refractivity contribution in [1.82, 2.24) is 9.80 Å². The van der Waals surface area contributed by atoms with E-state index in [0.717, 1.165) is 44.5 Å². The van der Waals surface area contributed by atoms with Gasteiger partial charge >= 0.3 is 0 Å². The number of aliphatic hydroxyl groups is 1.